The van der Waals surface area contributed by atoms with E-state index >= 15 is 0 Å². The van der Waals surface area contributed by atoms with E-state index in [2.05, 4.69) is 13.8 Å². The molecule has 3 N–H and O–H groups in total. The van der Waals surface area contributed by atoms with Gasteiger partial charge in [-0.15, -0.1) is 0 Å². The fourth-order valence-corrected chi connectivity index (χ4v) is 8.47. The summed E-state index contributed by atoms with van der Waals surface area (Å²) in [7, 11) is 0. The number of hydrogen-bond acceptors (Lipinski definition) is 5. The Morgan fingerprint density at radius 2 is 1.86 bits per heavy atom. The minimum atomic E-state index is -0.906. The number of esters is 1. The van der Waals surface area contributed by atoms with Crippen LogP contribution in [0.2, 0.25) is 0 Å². The lowest BCUT2D eigenvalue weighted by atomic mass is 9.43. The van der Waals surface area contributed by atoms with E-state index < -0.39 is 17.1 Å². The van der Waals surface area contributed by atoms with Gasteiger partial charge in [-0.3, -0.25) is 0 Å². The molecule has 4 fully saturated rings. The van der Waals surface area contributed by atoms with E-state index in [0.717, 1.165) is 50.5 Å². The molecule has 0 aromatic carbocycles. The van der Waals surface area contributed by atoms with Crippen LogP contribution in [0.15, 0.2) is 11.6 Å². The molecule has 1 aliphatic heterocycles. The highest BCUT2D eigenvalue weighted by Crippen LogP contribution is 2.69. The maximum atomic E-state index is 12.1. The predicted octanol–water partition coefficient (Wildman–Crippen LogP) is 2.58. The molecule has 4 saturated carbocycles. The van der Waals surface area contributed by atoms with Crippen LogP contribution in [0, 0.1) is 34.5 Å². The average molecular weight is 391 g/mol. The van der Waals surface area contributed by atoms with Gasteiger partial charge < -0.3 is 20.1 Å². The molecule has 1 heterocycles. The van der Waals surface area contributed by atoms with Crippen molar-refractivity contribution in [2.75, 3.05) is 6.61 Å². The first-order valence-corrected chi connectivity index (χ1v) is 11.1. The number of aliphatic hydroxyl groups is 3. The van der Waals surface area contributed by atoms with Gasteiger partial charge in [0, 0.05) is 23.8 Å². The Morgan fingerprint density at radius 1 is 1.07 bits per heavy atom. The molecule has 0 aromatic rings. The lowest BCUT2D eigenvalue weighted by Crippen LogP contribution is -2.62. The van der Waals surface area contributed by atoms with E-state index in [-0.39, 0.29) is 35.9 Å². The number of hydrogen-bond donors (Lipinski definition) is 3. The zero-order valence-corrected chi connectivity index (χ0v) is 17.1. The van der Waals surface area contributed by atoms with Crippen LogP contribution in [0.3, 0.4) is 0 Å². The number of aliphatic hydroxyl groups excluding tert-OH is 2. The lowest BCUT2D eigenvalue weighted by Gasteiger charge is -2.63. The highest BCUT2D eigenvalue weighted by atomic mass is 16.5. The fraction of sp³-hybridized carbons (Fsp3) is 0.870. The summed E-state index contributed by atoms with van der Waals surface area (Å²) in [4.78, 5) is 11.7. The summed E-state index contributed by atoms with van der Waals surface area (Å²) >= 11 is 0. The van der Waals surface area contributed by atoms with Crippen molar-refractivity contribution in [3.63, 3.8) is 0 Å². The van der Waals surface area contributed by atoms with E-state index in [9.17, 15) is 20.1 Å². The van der Waals surface area contributed by atoms with Crippen LogP contribution in [0.5, 0.6) is 0 Å². The normalized spacial score (nSPS) is 55.8. The number of ether oxygens (including phenoxy) is 1. The molecule has 0 radical (unpaired) electrons. The van der Waals surface area contributed by atoms with Crippen molar-refractivity contribution < 1.29 is 24.9 Å². The van der Waals surface area contributed by atoms with E-state index in [4.69, 9.17) is 4.74 Å². The molecule has 0 saturated heterocycles. The van der Waals surface area contributed by atoms with Crippen LogP contribution in [-0.4, -0.2) is 45.7 Å². The standard InChI is InChI=1S/C23H34O5/c1-21-7-5-15(24)10-14(21)3-4-17-16(21)6-8-22(2)20(13-9-19(26)28-12-13)18(25)11-23(17,22)27/h9,14-18,20,24-25,27H,3-8,10-12H2,1-2H3/t14-,15+,16?,17?,18+,20+,21+,22-,23+/m1/s1. The summed E-state index contributed by atoms with van der Waals surface area (Å²) in [6, 6.07) is 0. The van der Waals surface area contributed by atoms with E-state index in [1.54, 1.807) is 0 Å². The van der Waals surface area contributed by atoms with Crippen molar-refractivity contribution in [3.05, 3.63) is 11.6 Å². The maximum absolute atomic E-state index is 12.1. The third-order valence-electron chi connectivity index (χ3n) is 9.92. The number of carbonyl (C=O) groups is 1. The van der Waals surface area contributed by atoms with Crippen molar-refractivity contribution in [1.29, 1.82) is 0 Å². The number of fused-ring (bicyclic) bond motifs is 5. The molecule has 28 heavy (non-hydrogen) atoms. The van der Waals surface area contributed by atoms with Gasteiger partial charge in [0.05, 0.1) is 17.8 Å². The third kappa shape index (κ3) is 2.33. The van der Waals surface area contributed by atoms with Gasteiger partial charge in [0.15, 0.2) is 0 Å². The van der Waals surface area contributed by atoms with Gasteiger partial charge in [-0.1, -0.05) is 13.8 Å². The second kappa shape index (κ2) is 6.05. The van der Waals surface area contributed by atoms with Crippen LogP contribution in [0.25, 0.3) is 0 Å². The summed E-state index contributed by atoms with van der Waals surface area (Å²) in [5.74, 6) is 0.627. The van der Waals surface area contributed by atoms with Crippen LogP contribution in [0.1, 0.15) is 65.2 Å². The quantitative estimate of drug-likeness (QED) is 0.599. The molecule has 0 amide bonds. The summed E-state index contributed by atoms with van der Waals surface area (Å²) in [5, 5.41) is 33.3. The van der Waals surface area contributed by atoms with Crippen LogP contribution in [-0.2, 0) is 9.53 Å². The largest absolute Gasteiger partial charge is 0.458 e. The molecule has 0 aromatic heterocycles. The summed E-state index contributed by atoms with van der Waals surface area (Å²) in [6.07, 6.45) is 7.87. The van der Waals surface area contributed by atoms with E-state index in [1.807, 2.05) is 0 Å². The second-order valence-corrected chi connectivity index (χ2v) is 10.9. The SMILES string of the molecule is C[C@]12CC[C@H](O)C[C@H]1CCC1C2CC[C@]2(C)[C@@H](C3=CC(=O)OC3)[C@@H](O)C[C@]12O. The lowest BCUT2D eigenvalue weighted by molar-refractivity contribution is -0.208. The van der Waals surface area contributed by atoms with Gasteiger partial charge in [-0.05, 0) is 73.7 Å². The van der Waals surface area contributed by atoms with Crippen LogP contribution < -0.4 is 0 Å². The monoisotopic (exact) mass is 390 g/mol. The van der Waals surface area contributed by atoms with Crippen molar-refractivity contribution in [1.82, 2.24) is 0 Å². The molecule has 5 nitrogen and oxygen atoms in total. The molecule has 156 valence electrons. The van der Waals surface area contributed by atoms with Gasteiger partial charge in [-0.25, -0.2) is 4.79 Å². The van der Waals surface area contributed by atoms with E-state index in [0.29, 0.717) is 18.3 Å². The van der Waals surface area contributed by atoms with Gasteiger partial charge in [-0.2, -0.15) is 0 Å². The average Bonchev–Trinajstić information content (AvgIpc) is 3.13. The Kier molecular flexibility index (Phi) is 4.12. The number of cyclic esters (lactones) is 1. The third-order valence-corrected chi connectivity index (χ3v) is 9.92. The van der Waals surface area contributed by atoms with E-state index in [1.165, 1.54) is 6.08 Å². The Balaban J connectivity index is 1.50. The molecule has 0 bridgehead atoms. The van der Waals surface area contributed by atoms with Gasteiger partial charge in [0.2, 0.25) is 0 Å². The minimum Gasteiger partial charge on any atom is -0.458 e. The van der Waals surface area contributed by atoms with Crippen molar-refractivity contribution >= 4 is 5.97 Å². The second-order valence-electron chi connectivity index (χ2n) is 10.9. The van der Waals surface area contributed by atoms with Gasteiger partial charge >= 0.3 is 5.97 Å². The molecule has 9 atom stereocenters. The summed E-state index contributed by atoms with van der Waals surface area (Å²) in [6.45, 7) is 4.77. The van der Waals surface area contributed by atoms with Gasteiger partial charge in [0.25, 0.3) is 0 Å². The Bertz CT molecular complexity index is 718. The number of carbonyl (C=O) groups excluding carboxylic acids is 1. The Hall–Kier alpha value is -0.910. The smallest absolute Gasteiger partial charge is 0.331 e. The topological polar surface area (TPSA) is 87.0 Å². The van der Waals surface area contributed by atoms with Crippen molar-refractivity contribution in [2.45, 2.75) is 83.0 Å². The zero-order chi connectivity index (χ0) is 19.9. The molecular weight excluding hydrogens is 356 g/mol. The van der Waals surface area contributed by atoms with Crippen LogP contribution >= 0.6 is 0 Å². The highest BCUT2D eigenvalue weighted by Gasteiger charge is 2.70. The maximum Gasteiger partial charge on any atom is 0.331 e. The van der Waals surface area contributed by atoms with Gasteiger partial charge in [0.1, 0.15) is 6.61 Å². The first-order chi connectivity index (χ1) is 13.2. The Labute approximate surface area is 167 Å². The molecular formula is C23H34O5. The zero-order valence-electron chi connectivity index (χ0n) is 17.1. The van der Waals surface area contributed by atoms with Crippen LogP contribution in [0.4, 0.5) is 0 Å². The molecule has 5 heteroatoms. The molecule has 2 unspecified atom stereocenters. The number of rotatable bonds is 1. The molecule has 5 aliphatic rings. The van der Waals surface area contributed by atoms with Crippen molar-refractivity contribution in [3.8, 4) is 0 Å². The molecule has 5 rings (SSSR count). The van der Waals surface area contributed by atoms with Crippen molar-refractivity contribution in [2.24, 2.45) is 34.5 Å². The summed E-state index contributed by atoms with van der Waals surface area (Å²) < 4.78 is 5.14. The Morgan fingerprint density at radius 3 is 2.57 bits per heavy atom. The fourth-order valence-electron chi connectivity index (χ4n) is 8.47. The highest BCUT2D eigenvalue weighted by molar-refractivity contribution is 5.85. The minimum absolute atomic E-state index is 0.170. The predicted molar refractivity (Wildman–Crippen MR) is 103 cm³/mol. The molecule has 0 spiro atoms. The first kappa shape index (κ1) is 19.1. The first-order valence-electron chi connectivity index (χ1n) is 11.1. The molecule has 4 aliphatic carbocycles. The summed E-state index contributed by atoms with van der Waals surface area (Å²) in [5.41, 5.74) is -0.301.